The summed E-state index contributed by atoms with van der Waals surface area (Å²) in [6.07, 6.45) is 18.7. The number of hydrogen-bond acceptors (Lipinski definition) is 28. The molecule has 0 bridgehead atoms. The normalized spacial score (nSPS) is 19.8. The summed E-state index contributed by atoms with van der Waals surface area (Å²) in [5, 5.41) is 34.6. The van der Waals surface area contributed by atoms with Gasteiger partial charge in [0.25, 0.3) is 0 Å². The molecule has 1 unspecified atom stereocenters. The maximum Gasteiger partial charge on any atom is 1.00 e. The third-order valence-electron chi connectivity index (χ3n) is 25.0. The number of primary amides is 2. The maximum absolute atomic E-state index is 15.0. The molecule has 14 N–H and O–H groups in total. The van der Waals surface area contributed by atoms with Crippen molar-refractivity contribution in [3.8, 4) is 5.75 Å². The molecule has 0 spiro atoms. The van der Waals surface area contributed by atoms with E-state index in [1.165, 1.54) is 53.4 Å². The van der Waals surface area contributed by atoms with Crippen LogP contribution in [0.25, 0.3) is 0 Å². The van der Waals surface area contributed by atoms with Crippen LogP contribution in [0.2, 0.25) is 0 Å². The number of benzene rings is 4. The van der Waals surface area contributed by atoms with Gasteiger partial charge in [0.05, 0.1) is 48.4 Å². The molecule has 12 amide bonds. The minimum Gasteiger partial charge on any atom is -0.748 e. The monoisotopic (exact) mass is 2190 g/mol. The average Bonchev–Trinajstić information content (AvgIpc) is 1.56. The molecule has 0 saturated carbocycles. The van der Waals surface area contributed by atoms with Crippen LogP contribution >= 0.6 is 21.6 Å². The molecule has 0 aromatic heterocycles. The van der Waals surface area contributed by atoms with Gasteiger partial charge in [-0.15, -0.1) is 0 Å². The molecule has 39 nitrogen and oxygen atoms in total. The van der Waals surface area contributed by atoms with Crippen molar-refractivity contribution < 1.29 is 273 Å². The van der Waals surface area contributed by atoms with Crippen LogP contribution < -0.4 is 218 Å². The molecule has 2 saturated heterocycles. The van der Waals surface area contributed by atoms with E-state index in [2.05, 4.69) is 47.9 Å². The molecular weight excluding hydrogens is 2060 g/mol. The van der Waals surface area contributed by atoms with Crippen LogP contribution in [0.3, 0.4) is 0 Å². The zero-order valence-electron chi connectivity index (χ0n) is 83.2. The summed E-state index contributed by atoms with van der Waals surface area (Å²) >= 11 is 0. The molecule has 4 aliphatic rings. The molecule has 8 rings (SSSR count). The number of nitrogens with one attached hydrogen (secondary N) is 9. The van der Waals surface area contributed by atoms with E-state index in [1.807, 2.05) is 36.3 Å². The first kappa shape index (κ1) is 129. The summed E-state index contributed by atoms with van der Waals surface area (Å²) in [5.41, 5.74) is 13.9. The van der Waals surface area contributed by atoms with Crippen LogP contribution in [0.5, 0.6) is 5.75 Å². The number of carbonyl (C=O) groups excluding carboxylic acids is 12. The number of aromatic hydroxyl groups is 1. The first-order valence-electron chi connectivity index (χ1n) is 47.7. The van der Waals surface area contributed by atoms with E-state index in [1.54, 1.807) is 80.6 Å². The first-order chi connectivity index (χ1) is 66.6. The second kappa shape index (κ2) is 62.9. The number of anilines is 1. The van der Waals surface area contributed by atoms with Crippen LogP contribution in [0, 0.1) is 5.92 Å². The first-order valence-corrected chi connectivity index (χ1v) is 56.2. The van der Waals surface area contributed by atoms with Gasteiger partial charge in [-0.25, -0.2) is 33.7 Å². The van der Waals surface area contributed by atoms with Crippen molar-refractivity contribution in [2.24, 2.45) is 17.4 Å². The number of phenols is 1. The van der Waals surface area contributed by atoms with E-state index >= 15 is 0 Å². The van der Waals surface area contributed by atoms with Crippen LogP contribution in [0.1, 0.15) is 224 Å². The second-order valence-corrected chi connectivity index (χ2v) is 45.4. The fourth-order valence-corrected chi connectivity index (χ4v) is 21.9. The fraction of sp³-hybridized carbons (Fsp3) is 0.552. The van der Waals surface area contributed by atoms with Crippen molar-refractivity contribution in [2.75, 3.05) is 67.2 Å². The average molecular weight is 2190 g/mol. The standard InChI is InChI=1S/C96H136N14O25S6.3K/c1-64(2)56-73-89(118)106-76(61-83(97)112)92(121)107-77(63-137-136-53-46-87(116)102-74(58-66-38-40-67(111)41-39-66)90(119)105-75(91(120)104-73)57-65-30-15-12-16-31-65)94(123)110-52-29-33-80(110)93(122)103-72(88(117)101-62-84(98)113)32-21-24-49-100-85(114)36-19-10-8-6-7-9-11-23-48-99-86(115)37-20-14-22-47-96(5)71-60-69(141(133,134)135)43-45-79(71)109(51-26-28-55-139(127,128)129)82(96)35-18-13-17-34-81-95(3,4)70-59-68(140(130,131)132)42-44-78(70)108(81)50-25-27-54-138(124,125)126;;;/h12-13,15-18,30-31,34-35,38-45,59-60,64,72-77,80H,6-11,14,19-29,32-33,36-37,46-58,61-63H2,1-5H3,(H17-,97,98,99,100,101,102,103,104,105,106,107,111,112,113,114,115,116,117,118,119,120,121,122,124,125,126,127,128,129,130,131,132,133,134,135);;;/q;3*+1/p-3/t72-,73-,74-,75-,76-,77-,80-,96?;;;/m0.../s1. The molecule has 4 aromatic rings. The quantitative estimate of drug-likeness (QED) is 0.00511. The number of nitrogens with two attached hydrogens (primary N) is 2. The van der Waals surface area contributed by atoms with Gasteiger partial charge < -0.3 is 92.4 Å². The molecule has 48 heteroatoms. The number of rotatable bonds is 51. The summed E-state index contributed by atoms with van der Waals surface area (Å²) in [4.78, 5) is 168. The zero-order valence-corrected chi connectivity index (χ0v) is 97.5. The number of phenolic OH excluding ortho intramolecular Hbond substituents is 1. The van der Waals surface area contributed by atoms with Crippen molar-refractivity contribution in [1.82, 2.24) is 52.8 Å². The van der Waals surface area contributed by atoms with Crippen molar-refractivity contribution in [3.63, 3.8) is 0 Å². The molecule has 776 valence electrons. The molecule has 4 heterocycles. The van der Waals surface area contributed by atoms with Gasteiger partial charge in [-0.2, -0.15) is 4.58 Å². The SMILES string of the molecule is CC(C)C[C@@H]1NC(=O)[C@H](Cc2ccccc2)NC(=O)[C@H](Cc2ccc(O)cc2)NC(=O)CCSSC[C@@H](C(=O)N2CCC[C@H]2C(=O)N[C@@H](CCCCNC(=O)CCCCCCCCCCNC(=O)CCCCCC2(C)/C(=C/C=C/C=C/C3=[N+](CCCCS(=O)(=O)[O-])c4ccc(S(=O)(=O)[O-])cc4C3(C)C)N(CCCCS(=O)(=O)[O-])c3ccc(S(=O)(=O)[O-])cc32)C(=O)NCC(N)=O)NC(=O)[C@H](CC(N)=O)NC1=O.[K+].[K+].[K+]. The number of carbonyl (C=O) groups is 12. The van der Waals surface area contributed by atoms with Crippen molar-refractivity contribution in [3.05, 3.63) is 149 Å². The van der Waals surface area contributed by atoms with Gasteiger partial charge in [-0.1, -0.05) is 147 Å². The Bertz CT molecular complexity index is 5690. The molecule has 2 fully saturated rings. The van der Waals surface area contributed by atoms with E-state index in [0.29, 0.717) is 103 Å². The molecule has 144 heavy (non-hydrogen) atoms. The fourth-order valence-electron chi connectivity index (χ4n) is 17.6. The summed E-state index contributed by atoms with van der Waals surface area (Å²) < 4.78 is 145. The van der Waals surface area contributed by atoms with Crippen molar-refractivity contribution >= 4 is 150 Å². The molecule has 0 radical (unpaired) electrons. The van der Waals surface area contributed by atoms with E-state index < -0.39 is 187 Å². The van der Waals surface area contributed by atoms with Gasteiger partial charge in [0.1, 0.15) is 74.8 Å². The smallest absolute Gasteiger partial charge is 0.748 e. The Kier molecular flexibility index (Phi) is 56.2. The topological polar surface area (TPSA) is 624 Å². The van der Waals surface area contributed by atoms with Crippen LogP contribution in [-0.4, -0.2) is 248 Å². The Morgan fingerprint density at radius 1 is 0.583 bits per heavy atom. The zero-order chi connectivity index (χ0) is 103. The van der Waals surface area contributed by atoms with Gasteiger partial charge in [-0.3, -0.25) is 57.5 Å². The van der Waals surface area contributed by atoms with E-state index in [4.69, 9.17) is 11.5 Å². The molecular formula is C96H133K3N14O25S6. The van der Waals surface area contributed by atoms with Crippen LogP contribution in [0.15, 0.2) is 137 Å². The van der Waals surface area contributed by atoms with Gasteiger partial charge >= 0.3 is 154 Å². The summed E-state index contributed by atoms with van der Waals surface area (Å²) in [6, 6.07) is 13.2. The van der Waals surface area contributed by atoms with E-state index in [-0.39, 0.29) is 292 Å². The predicted molar refractivity (Wildman–Crippen MR) is 528 cm³/mol. The van der Waals surface area contributed by atoms with Crippen LogP contribution in [-0.2, 0) is 122 Å². The molecule has 4 aromatic carbocycles. The maximum atomic E-state index is 15.0. The third kappa shape index (κ3) is 43.2. The van der Waals surface area contributed by atoms with E-state index in [9.17, 15) is 115 Å². The third-order valence-corrected chi connectivity index (χ3v) is 30.6. The molecule has 0 aliphatic carbocycles. The Morgan fingerprint density at radius 2 is 1.12 bits per heavy atom. The Morgan fingerprint density at radius 3 is 1.72 bits per heavy atom. The minimum absolute atomic E-state index is 0. The van der Waals surface area contributed by atoms with Gasteiger partial charge in [-0.05, 0) is 175 Å². The molecule has 8 atom stereocenters. The van der Waals surface area contributed by atoms with Crippen LogP contribution in [0.4, 0.5) is 11.4 Å². The number of amides is 12. The predicted octanol–water partition coefficient (Wildman–Crippen LogP) is -3.43. The number of fused-ring (bicyclic) bond motifs is 2. The Balaban J connectivity index is 0.0000122. The van der Waals surface area contributed by atoms with Crippen molar-refractivity contribution in [1.29, 1.82) is 0 Å². The number of hydrogen-bond donors (Lipinski definition) is 12. The van der Waals surface area contributed by atoms with Gasteiger partial charge in [0.15, 0.2) is 5.71 Å². The number of allylic oxidation sites excluding steroid dienone is 6. The number of nitrogens with zero attached hydrogens (tertiary/aromatic N) is 3. The second-order valence-electron chi connectivity index (χ2n) is 37.0. The largest absolute Gasteiger partial charge is 1.00 e. The number of likely N-dealkylation sites (tertiary alicyclic amines) is 1. The Labute approximate surface area is 980 Å². The summed E-state index contributed by atoms with van der Waals surface area (Å²) in [7, 11) is -16.6. The van der Waals surface area contributed by atoms with Crippen molar-refractivity contribution in [2.45, 2.75) is 277 Å². The summed E-state index contributed by atoms with van der Waals surface area (Å²) in [6.45, 7) is 9.72. The molecule has 4 aliphatic heterocycles. The summed E-state index contributed by atoms with van der Waals surface area (Å²) in [5.74, 6) is -10.0. The minimum atomic E-state index is -4.94. The van der Waals surface area contributed by atoms with Gasteiger partial charge in [0, 0.05) is 122 Å². The number of unbranched alkanes of at least 4 members (excludes halogenated alkanes) is 12. The Hall–Kier alpha value is -5.74. The van der Waals surface area contributed by atoms with E-state index in [0.717, 1.165) is 66.5 Å². The van der Waals surface area contributed by atoms with Gasteiger partial charge in [0.2, 0.25) is 76.6 Å².